The molecule has 3 rings (SSSR count). The van der Waals surface area contributed by atoms with Crippen LogP contribution < -0.4 is 9.47 Å². The predicted molar refractivity (Wildman–Crippen MR) is 149 cm³/mol. The third-order valence-electron chi connectivity index (χ3n) is 7.03. The van der Waals surface area contributed by atoms with Gasteiger partial charge in [0.05, 0.1) is 26.9 Å². The Balaban J connectivity index is 1.68. The molecule has 0 aliphatic carbocycles. The molecule has 0 spiro atoms. The van der Waals surface area contributed by atoms with E-state index in [1.54, 1.807) is 28.9 Å². The normalized spacial score (nSPS) is 15.6. The molecule has 9 nitrogen and oxygen atoms in total. The first kappa shape index (κ1) is 30.0. The highest BCUT2D eigenvalue weighted by molar-refractivity contribution is 5.85. The second-order valence-electron chi connectivity index (χ2n) is 9.54. The molecule has 0 saturated carbocycles. The number of amides is 3. The zero-order valence-electron chi connectivity index (χ0n) is 23.6. The Kier molecular flexibility index (Phi) is 11.6. The van der Waals surface area contributed by atoms with Crippen LogP contribution in [-0.4, -0.2) is 98.6 Å². The van der Waals surface area contributed by atoms with Crippen molar-refractivity contribution < 1.29 is 28.6 Å². The minimum atomic E-state index is -0.461. The largest absolute Gasteiger partial charge is 0.493 e. The second-order valence-corrected chi connectivity index (χ2v) is 9.54. The number of benzene rings is 2. The highest BCUT2D eigenvalue weighted by Gasteiger charge is 2.31. The Morgan fingerprint density at radius 3 is 2.31 bits per heavy atom. The van der Waals surface area contributed by atoms with Crippen molar-refractivity contribution in [1.82, 2.24) is 14.7 Å². The lowest BCUT2D eigenvalue weighted by molar-refractivity contribution is -0.139. The minimum absolute atomic E-state index is 0.0105. The van der Waals surface area contributed by atoms with Gasteiger partial charge in [-0.15, -0.1) is 0 Å². The summed E-state index contributed by atoms with van der Waals surface area (Å²) in [6, 6.07) is 15.5. The zero-order valence-corrected chi connectivity index (χ0v) is 23.6. The second kappa shape index (κ2) is 15.1. The van der Waals surface area contributed by atoms with Crippen LogP contribution >= 0.6 is 0 Å². The van der Waals surface area contributed by atoms with Gasteiger partial charge in [-0.25, -0.2) is 0 Å². The number of nitrogens with zero attached hydrogens (tertiary/aromatic N) is 3. The fourth-order valence-electron chi connectivity index (χ4n) is 4.70. The molecule has 9 heteroatoms. The fraction of sp³-hybridized carbons (Fsp3) is 0.500. The number of hydrogen-bond donors (Lipinski definition) is 0. The lowest BCUT2D eigenvalue weighted by Gasteiger charge is -2.26. The number of ether oxygens (including phenoxy) is 3. The average molecular weight is 540 g/mol. The van der Waals surface area contributed by atoms with E-state index < -0.39 is 6.10 Å². The summed E-state index contributed by atoms with van der Waals surface area (Å²) in [6.07, 6.45) is 0.966. The maximum absolute atomic E-state index is 13.3. The molecule has 3 amide bonds. The van der Waals surface area contributed by atoms with Crippen molar-refractivity contribution in [3.05, 3.63) is 59.7 Å². The van der Waals surface area contributed by atoms with E-state index in [1.165, 1.54) is 0 Å². The van der Waals surface area contributed by atoms with Crippen LogP contribution in [0.2, 0.25) is 0 Å². The first-order valence-corrected chi connectivity index (χ1v) is 13.6. The third kappa shape index (κ3) is 8.71. The van der Waals surface area contributed by atoms with E-state index >= 15 is 0 Å². The molecule has 2 aromatic carbocycles. The molecule has 2 aromatic rings. The van der Waals surface area contributed by atoms with Gasteiger partial charge in [0.2, 0.25) is 17.7 Å². The average Bonchev–Trinajstić information content (AvgIpc) is 3.12. The van der Waals surface area contributed by atoms with Gasteiger partial charge in [-0.1, -0.05) is 36.4 Å². The number of hydrogen-bond acceptors (Lipinski definition) is 6. The Morgan fingerprint density at radius 2 is 1.64 bits per heavy atom. The van der Waals surface area contributed by atoms with E-state index in [2.05, 4.69) is 0 Å². The van der Waals surface area contributed by atoms with Crippen LogP contribution in [0, 0.1) is 0 Å². The SMILES string of the molecule is CCN(CC)C(=O)COC1CN(CCc2ccccc2)C(=O)CN(C(=O)CCc2ccc(OC)c(OC)c2)C1. The van der Waals surface area contributed by atoms with Crippen LogP contribution in [0.4, 0.5) is 0 Å². The van der Waals surface area contributed by atoms with E-state index in [0.29, 0.717) is 50.5 Å². The number of likely N-dealkylation sites (N-methyl/N-ethyl adjacent to an activating group) is 1. The molecule has 212 valence electrons. The molecule has 1 fully saturated rings. The van der Waals surface area contributed by atoms with E-state index in [4.69, 9.17) is 14.2 Å². The number of rotatable bonds is 13. The predicted octanol–water partition coefficient (Wildman–Crippen LogP) is 2.80. The highest BCUT2D eigenvalue weighted by Crippen LogP contribution is 2.28. The van der Waals surface area contributed by atoms with Crippen LogP contribution in [0.3, 0.4) is 0 Å². The molecule has 0 aromatic heterocycles. The quantitative estimate of drug-likeness (QED) is 0.389. The monoisotopic (exact) mass is 539 g/mol. The topological polar surface area (TPSA) is 88.6 Å². The van der Waals surface area contributed by atoms with Crippen molar-refractivity contribution >= 4 is 17.7 Å². The van der Waals surface area contributed by atoms with Gasteiger partial charge in [-0.2, -0.15) is 0 Å². The van der Waals surface area contributed by atoms with Gasteiger partial charge in [-0.05, 0) is 49.9 Å². The lowest BCUT2D eigenvalue weighted by atomic mass is 10.1. The summed E-state index contributed by atoms with van der Waals surface area (Å²) in [5.41, 5.74) is 2.07. The number of carbonyl (C=O) groups excluding carboxylic acids is 3. The van der Waals surface area contributed by atoms with E-state index in [9.17, 15) is 14.4 Å². The van der Waals surface area contributed by atoms with Gasteiger partial charge in [0.25, 0.3) is 0 Å². The van der Waals surface area contributed by atoms with Gasteiger partial charge in [-0.3, -0.25) is 14.4 Å². The Hall–Kier alpha value is -3.59. The van der Waals surface area contributed by atoms with Crippen LogP contribution in [0.15, 0.2) is 48.5 Å². The van der Waals surface area contributed by atoms with Gasteiger partial charge in [0.1, 0.15) is 6.61 Å². The number of methoxy groups -OCH3 is 2. The number of carbonyl (C=O) groups is 3. The summed E-state index contributed by atoms with van der Waals surface area (Å²) in [5.74, 6) is 0.879. The van der Waals surface area contributed by atoms with Crippen molar-refractivity contribution in [1.29, 1.82) is 0 Å². The summed E-state index contributed by atoms with van der Waals surface area (Å²) in [4.78, 5) is 44.1. The first-order valence-electron chi connectivity index (χ1n) is 13.6. The maximum Gasteiger partial charge on any atom is 0.248 e. The molecule has 1 aliphatic heterocycles. The van der Waals surface area contributed by atoms with Crippen LogP contribution in [-0.2, 0) is 32.0 Å². The van der Waals surface area contributed by atoms with Crippen LogP contribution in [0.25, 0.3) is 0 Å². The fourth-order valence-corrected chi connectivity index (χ4v) is 4.70. The highest BCUT2D eigenvalue weighted by atomic mass is 16.5. The van der Waals surface area contributed by atoms with Crippen molar-refractivity contribution in [2.24, 2.45) is 0 Å². The van der Waals surface area contributed by atoms with Crippen molar-refractivity contribution in [3.63, 3.8) is 0 Å². The van der Waals surface area contributed by atoms with E-state index in [1.807, 2.05) is 62.4 Å². The van der Waals surface area contributed by atoms with Gasteiger partial charge >= 0.3 is 0 Å². The lowest BCUT2D eigenvalue weighted by Crippen LogP contribution is -2.41. The molecule has 1 atom stereocenters. The van der Waals surface area contributed by atoms with Gasteiger partial charge in [0, 0.05) is 39.1 Å². The van der Waals surface area contributed by atoms with Crippen molar-refractivity contribution in [2.75, 3.05) is 60.1 Å². The molecule has 39 heavy (non-hydrogen) atoms. The van der Waals surface area contributed by atoms with Crippen LogP contribution in [0.5, 0.6) is 11.5 Å². The Labute approximate surface area is 231 Å². The summed E-state index contributed by atoms with van der Waals surface area (Å²) in [7, 11) is 3.15. The molecule has 0 N–H and O–H groups in total. The summed E-state index contributed by atoms with van der Waals surface area (Å²) in [6.45, 7) is 6.06. The Morgan fingerprint density at radius 1 is 0.923 bits per heavy atom. The molecule has 0 radical (unpaired) electrons. The van der Waals surface area contributed by atoms with Crippen molar-refractivity contribution in [3.8, 4) is 11.5 Å². The minimum Gasteiger partial charge on any atom is -0.493 e. The third-order valence-corrected chi connectivity index (χ3v) is 7.03. The molecule has 1 saturated heterocycles. The Bertz CT molecular complexity index is 1090. The summed E-state index contributed by atoms with van der Waals surface area (Å²) < 4.78 is 16.7. The molecule has 1 aliphatic rings. The maximum atomic E-state index is 13.3. The van der Waals surface area contributed by atoms with Crippen molar-refractivity contribution in [2.45, 2.75) is 39.2 Å². The smallest absolute Gasteiger partial charge is 0.248 e. The summed E-state index contributed by atoms with van der Waals surface area (Å²) in [5, 5.41) is 0. The van der Waals surface area contributed by atoms with E-state index in [-0.39, 0.29) is 43.8 Å². The van der Waals surface area contributed by atoms with Crippen LogP contribution in [0.1, 0.15) is 31.4 Å². The van der Waals surface area contributed by atoms with Gasteiger partial charge < -0.3 is 28.9 Å². The molecule has 1 heterocycles. The van der Waals surface area contributed by atoms with Gasteiger partial charge in [0.15, 0.2) is 11.5 Å². The molecular formula is C30H41N3O6. The zero-order chi connectivity index (χ0) is 28.2. The molecule has 0 bridgehead atoms. The standard InChI is InChI=1S/C30H41N3O6/c1-5-31(6-2)30(36)22-39-25-19-32(17-16-23-10-8-7-9-11-23)29(35)21-33(20-25)28(34)15-13-24-12-14-26(37-3)27(18-24)38-4/h7-12,14,18,25H,5-6,13,15-17,19-22H2,1-4H3. The number of aryl methyl sites for hydroxylation is 1. The molecule has 1 unspecified atom stereocenters. The summed E-state index contributed by atoms with van der Waals surface area (Å²) >= 11 is 0. The molecular weight excluding hydrogens is 498 g/mol. The first-order chi connectivity index (χ1) is 18.9. The van der Waals surface area contributed by atoms with E-state index in [0.717, 1.165) is 11.1 Å².